The van der Waals surface area contributed by atoms with E-state index in [0.717, 1.165) is 47.7 Å². The van der Waals surface area contributed by atoms with Crippen molar-refractivity contribution < 1.29 is 0 Å². The molecule has 0 aliphatic carbocycles. The number of H-pyrrole nitrogens is 1. The molecule has 3 aromatic heterocycles. The van der Waals surface area contributed by atoms with Gasteiger partial charge in [-0.05, 0) is 37.6 Å². The lowest BCUT2D eigenvalue weighted by Gasteiger charge is -2.19. The molecule has 0 spiro atoms. The molecule has 1 saturated heterocycles. The molecule has 3 aromatic rings. The van der Waals surface area contributed by atoms with Crippen LogP contribution in [0.4, 0.5) is 5.82 Å². The molecule has 0 radical (unpaired) electrons. The van der Waals surface area contributed by atoms with Gasteiger partial charge in [-0.2, -0.15) is 0 Å². The van der Waals surface area contributed by atoms with Crippen LogP contribution in [-0.2, 0) is 0 Å². The van der Waals surface area contributed by atoms with E-state index in [1.165, 1.54) is 12.8 Å². The molecule has 4 heterocycles. The molecule has 3 N–H and O–H groups in total. The molecule has 1 unspecified atom stereocenters. The lowest BCUT2D eigenvalue weighted by atomic mass is 10.1. The number of aromatic amines is 1. The van der Waals surface area contributed by atoms with Gasteiger partial charge in [0, 0.05) is 30.5 Å². The molecule has 1 aliphatic rings. The highest BCUT2D eigenvalue weighted by atomic mass is 15.1. The SMILES string of the molecule is c1cnc(NC2CCCCNC2)c(-c2cnc3[nH]ccc3n2)c1. The summed E-state index contributed by atoms with van der Waals surface area (Å²) in [5, 5.41) is 7.06. The van der Waals surface area contributed by atoms with E-state index >= 15 is 0 Å². The molecule has 6 heteroatoms. The Morgan fingerprint density at radius 3 is 3.17 bits per heavy atom. The van der Waals surface area contributed by atoms with Crippen LogP contribution in [0.5, 0.6) is 0 Å². The van der Waals surface area contributed by atoms with Crippen molar-refractivity contribution in [1.29, 1.82) is 0 Å². The standard InChI is InChI=1S/C17H20N6/c1-2-7-18-10-12(4-1)22-16-13(5-3-8-19-16)15-11-21-17-14(23-15)6-9-20-17/h3,5-6,8-9,11-12,18H,1-2,4,7,10H2,(H,19,22)(H,20,21). The third-order valence-corrected chi connectivity index (χ3v) is 4.23. The van der Waals surface area contributed by atoms with Gasteiger partial charge < -0.3 is 15.6 Å². The first-order valence-electron chi connectivity index (χ1n) is 8.13. The fraction of sp³-hybridized carbons (Fsp3) is 0.353. The van der Waals surface area contributed by atoms with E-state index in [1.54, 1.807) is 6.20 Å². The van der Waals surface area contributed by atoms with E-state index in [-0.39, 0.29) is 0 Å². The maximum Gasteiger partial charge on any atom is 0.156 e. The molecule has 6 nitrogen and oxygen atoms in total. The summed E-state index contributed by atoms with van der Waals surface area (Å²) in [6.45, 7) is 2.07. The molecular weight excluding hydrogens is 288 g/mol. The fourth-order valence-electron chi connectivity index (χ4n) is 3.02. The first kappa shape index (κ1) is 14.1. The number of aromatic nitrogens is 4. The molecule has 4 rings (SSSR count). The molecule has 1 atom stereocenters. The van der Waals surface area contributed by atoms with Gasteiger partial charge in [0.15, 0.2) is 5.65 Å². The van der Waals surface area contributed by atoms with Gasteiger partial charge in [-0.15, -0.1) is 0 Å². The number of nitrogens with one attached hydrogen (secondary N) is 3. The van der Waals surface area contributed by atoms with Crippen LogP contribution in [0.3, 0.4) is 0 Å². The third-order valence-electron chi connectivity index (χ3n) is 4.23. The number of nitrogens with zero attached hydrogens (tertiary/aromatic N) is 3. The zero-order chi connectivity index (χ0) is 15.5. The van der Waals surface area contributed by atoms with Crippen LogP contribution in [0.2, 0.25) is 0 Å². The second kappa shape index (κ2) is 6.34. The lowest BCUT2D eigenvalue weighted by Crippen LogP contribution is -2.31. The average Bonchev–Trinajstić information content (AvgIpc) is 2.91. The predicted molar refractivity (Wildman–Crippen MR) is 91.3 cm³/mol. The summed E-state index contributed by atoms with van der Waals surface area (Å²) < 4.78 is 0. The summed E-state index contributed by atoms with van der Waals surface area (Å²) in [7, 11) is 0. The summed E-state index contributed by atoms with van der Waals surface area (Å²) in [6.07, 6.45) is 9.11. The topological polar surface area (TPSA) is 78.5 Å². The number of hydrogen-bond donors (Lipinski definition) is 3. The van der Waals surface area contributed by atoms with Crippen molar-refractivity contribution in [2.45, 2.75) is 25.3 Å². The van der Waals surface area contributed by atoms with E-state index in [1.807, 2.05) is 30.6 Å². The van der Waals surface area contributed by atoms with E-state index in [2.05, 4.69) is 30.6 Å². The van der Waals surface area contributed by atoms with Crippen LogP contribution >= 0.6 is 0 Å². The predicted octanol–water partition coefficient (Wildman–Crippen LogP) is 2.57. The second-order valence-corrected chi connectivity index (χ2v) is 5.91. The Labute approximate surface area is 134 Å². The zero-order valence-corrected chi connectivity index (χ0v) is 12.9. The molecule has 0 aromatic carbocycles. The van der Waals surface area contributed by atoms with Crippen molar-refractivity contribution >= 4 is 17.0 Å². The Kier molecular flexibility index (Phi) is 3.90. The Balaban J connectivity index is 1.65. The first-order valence-corrected chi connectivity index (χ1v) is 8.13. The van der Waals surface area contributed by atoms with Crippen molar-refractivity contribution in [2.75, 3.05) is 18.4 Å². The van der Waals surface area contributed by atoms with Gasteiger partial charge in [-0.1, -0.05) is 6.42 Å². The highest BCUT2D eigenvalue weighted by Gasteiger charge is 2.15. The summed E-state index contributed by atoms with van der Waals surface area (Å²) in [5.74, 6) is 0.880. The molecular formula is C17H20N6. The number of anilines is 1. The fourth-order valence-corrected chi connectivity index (χ4v) is 3.02. The largest absolute Gasteiger partial charge is 0.366 e. The number of hydrogen-bond acceptors (Lipinski definition) is 5. The highest BCUT2D eigenvalue weighted by Crippen LogP contribution is 2.26. The Morgan fingerprint density at radius 2 is 2.17 bits per heavy atom. The molecule has 118 valence electrons. The van der Waals surface area contributed by atoms with Gasteiger partial charge in [0.1, 0.15) is 11.3 Å². The maximum atomic E-state index is 4.69. The Morgan fingerprint density at radius 1 is 1.17 bits per heavy atom. The van der Waals surface area contributed by atoms with Gasteiger partial charge >= 0.3 is 0 Å². The third kappa shape index (κ3) is 3.03. The second-order valence-electron chi connectivity index (χ2n) is 5.91. The lowest BCUT2D eigenvalue weighted by molar-refractivity contribution is 0.634. The van der Waals surface area contributed by atoms with Crippen LogP contribution < -0.4 is 10.6 Å². The number of fused-ring (bicyclic) bond motifs is 1. The van der Waals surface area contributed by atoms with Crippen LogP contribution in [0.15, 0.2) is 36.8 Å². The molecule has 1 aliphatic heterocycles. The first-order chi connectivity index (χ1) is 11.4. The minimum Gasteiger partial charge on any atom is -0.366 e. The monoisotopic (exact) mass is 308 g/mol. The maximum absolute atomic E-state index is 4.69. The minimum atomic E-state index is 0.398. The summed E-state index contributed by atoms with van der Waals surface area (Å²) in [5.41, 5.74) is 3.51. The van der Waals surface area contributed by atoms with Crippen LogP contribution in [0.1, 0.15) is 19.3 Å². The van der Waals surface area contributed by atoms with Crippen molar-refractivity contribution in [3.8, 4) is 11.3 Å². The van der Waals surface area contributed by atoms with Gasteiger partial charge in [-0.3, -0.25) is 0 Å². The van der Waals surface area contributed by atoms with Gasteiger partial charge in [0.05, 0.1) is 11.9 Å². The quantitative estimate of drug-likeness (QED) is 0.693. The summed E-state index contributed by atoms with van der Waals surface area (Å²) >= 11 is 0. The summed E-state index contributed by atoms with van der Waals surface area (Å²) in [6, 6.07) is 6.32. The Hall–Kier alpha value is -2.47. The van der Waals surface area contributed by atoms with Gasteiger partial charge in [-0.25, -0.2) is 15.0 Å². The van der Waals surface area contributed by atoms with Crippen LogP contribution in [0.25, 0.3) is 22.4 Å². The molecule has 23 heavy (non-hydrogen) atoms. The van der Waals surface area contributed by atoms with E-state index < -0.39 is 0 Å². The molecule has 0 amide bonds. The average molecular weight is 308 g/mol. The van der Waals surface area contributed by atoms with Crippen LogP contribution in [0, 0.1) is 0 Å². The highest BCUT2D eigenvalue weighted by molar-refractivity contribution is 5.78. The van der Waals surface area contributed by atoms with Crippen molar-refractivity contribution in [2.24, 2.45) is 0 Å². The molecule has 1 fully saturated rings. The van der Waals surface area contributed by atoms with E-state index in [0.29, 0.717) is 6.04 Å². The normalized spacial score (nSPS) is 18.7. The molecule has 0 bridgehead atoms. The van der Waals surface area contributed by atoms with E-state index in [9.17, 15) is 0 Å². The number of rotatable bonds is 3. The van der Waals surface area contributed by atoms with Crippen LogP contribution in [-0.4, -0.2) is 39.1 Å². The van der Waals surface area contributed by atoms with Crippen molar-refractivity contribution in [3.63, 3.8) is 0 Å². The van der Waals surface area contributed by atoms with Gasteiger partial charge in [0.2, 0.25) is 0 Å². The number of pyridine rings is 1. The summed E-state index contributed by atoms with van der Waals surface area (Å²) in [4.78, 5) is 16.7. The van der Waals surface area contributed by atoms with Crippen molar-refractivity contribution in [3.05, 3.63) is 36.8 Å². The van der Waals surface area contributed by atoms with E-state index in [4.69, 9.17) is 0 Å². The van der Waals surface area contributed by atoms with Gasteiger partial charge in [0.25, 0.3) is 0 Å². The Bertz CT molecular complexity index is 788. The smallest absolute Gasteiger partial charge is 0.156 e. The molecule has 0 saturated carbocycles. The van der Waals surface area contributed by atoms with Crippen molar-refractivity contribution in [1.82, 2.24) is 25.3 Å². The zero-order valence-electron chi connectivity index (χ0n) is 12.9. The minimum absolute atomic E-state index is 0.398.